The van der Waals surface area contributed by atoms with Gasteiger partial charge in [0.05, 0.1) is 12.7 Å². The fourth-order valence-electron chi connectivity index (χ4n) is 1.21. The molecule has 0 unspecified atom stereocenters. The molecule has 0 N–H and O–H groups in total. The van der Waals surface area contributed by atoms with Gasteiger partial charge in [-0.1, -0.05) is 0 Å². The number of benzene rings is 1. The van der Waals surface area contributed by atoms with Crippen molar-refractivity contribution in [3.05, 3.63) is 34.9 Å². The first-order valence-electron chi connectivity index (χ1n) is 3.50. The number of esters is 1. The molecular weight excluding hydrogens is 192 g/mol. The van der Waals surface area contributed by atoms with Crippen LogP contribution in [0, 0.1) is 0 Å². The zero-order valence-corrected chi connectivity index (χ0v) is 7.59. The average Bonchev–Trinajstić information content (AvgIpc) is 2.16. The molecule has 0 heterocycles. The molecule has 3 rings (SSSR count). The predicted octanol–water partition coefficient (Wildman–Crippen LogP) is -1.98. The number of ketones is 1. The van der Waals surface area contributed by atoms with Gasteiger partial charge in [0, 0.05) is 11.1 Å². The van der Waals surface area contributed by atoms with Crippen LogP contribution in [0.5, 0.6) is 0 Å². The second kappa shape index (κ2) is 3.18. The normalized spacial score (nSPS) is 11.3. The molecule has 13 heavy (non-hydrogen) atoms. The van der Waals surface area contributed by atoms with Gasteiger partial charge >= 0.3 is 5.97 Å². The van der Waals surface area contributed by atoms with Crippen LogP contribution in [0.1, 0.15) is 26.3 Å². The molecule has 0 fully saturated rings. The summed E-state index contributed by atoms with van der Waals surface area (Å²) in [6.07, 6.45) is 0. The summed E-state index contributed by atoms with van der Waals surface area (Å²) < 4.78 is 4.50. The van der Waals surface area contributed by atoms with Crippen molar-refractivity contribution in [1.82, 2.24) is 0 Å². The summed E-state index contributed by atoms with van der Waals surface area (Å²) in [6, 6.07) is 4.83. The third-order valence-electron chi connectivity index (χ3n) is 1.88. The van der Waals surface area contributed by atoms with E-state index >= 15 is 0 Å². The van der Waals surface area contributed by atoms with Crippen molar-refractivity contribution >= 4 is 11.8 Å². The van der Waals surface area contributed by atoms with Crippen LogP contribution >= 0.6 is 0 Å². The second-order valence-corrected chi connectivity index (χ2v) is 2.62. The topological polar surface area (TPSA) is 43.4 Å². The van der Waals surface area contributed by atoms with Gasteiger partial charge < -0.3 is 17.1 Å². The highest BCUT2D eigenvalue weighted by Crippen LogP contribution is 2.23. The Hall–Kier alpha value is -1.35. The molecule has 1 aromatic carbocycles. The van der Waals surface area contributed by atoms with Gasteiger partial charge in [-0.3, -0.25) is 4.79 Å². The summed E-state index contributed by atoms with van der Waals surface area (Å²) in [5, 5.41) is 0. The van der Waals surface area contributed by atoms with Gasteiger partial charge in [-0.25, -0.2) is 4.79 Å². The number of halogens is 1. The fourth-order valence-corrected chi connectivity index (χ4v) is 1.21. The number of hydrogen-bond acceptors (Lipinski definition) is 3. The van der Waals surface area contributed by atoms with Gasteiger partial charge in [0.1, 0.15) is 0 Å². The summed E-state index contributed by atoms with van der Waals surface area (Å²) in [5.74, 6) is -0.381. The first kappa shape index (κ1) is 9.74. The highest BCUT2D eigenvalue weighted by atomic mass is 35.5. The number of methoxy groups -OCH3 is 1. The van der Waals surface area contributed by atoms with E-state index in [1.54, 1.807) is 18.2 Å². The van der Waals surface area contributed by atoms with Crippen molar-refractivity contribution in [2.24, 2.45) is 0 Å². The Bertz CT molecular complexity index is 360. The summed E-state index contributed by atoms with van der Waals surface area (Å²) >= 11 is 0. The number of rotatable bonds is 1. The first-order valence-corrected chi connectivity index (χ1v) is 3.50. The van der Waals surface area contributed by atoms with Gasteiger partial charge in [-0.05, 0) is 18.2 Å². The predicted molar refractivity (Wildman–Crippen MR) is 41.2 cm³/mol. The van der Waals surface area contributed by atoms with Crippen LogP contribution in [0.4, 0.5) is 0 Å². The molecule has 0 aliphatic heterocycles. The fraction of sp³-hybridized carbons (Fsp3) is 0.111. The zero-order chi connectivity index (χ0) is 8.72. The lowest BCUT2D eigenvalue weighted by Gasteiger charge is -2.14. The Labute approximate surface area is 81.1 Å². The Morgan fingerprint density at radius 3 is 2.15 bits per heavy atom. The van der Waals surface area contributed by atoms with Gasteiger partial charge in [0.25, 0.3) is 0 Å². The molecule has 0 saturated heterocycles. The van der Waals surface area contributed by atoms with E-state index in [2.05, 4.69) is 4.74 Å². The molecule has 0 saturated carbocycles. The molecule has 0 amide bonds. The summed E-state index contributed by atoms with van der Waals surface area (Å²) in [6.45, 7) is 0. The maximum Gasteiger partial charge on any atom is 0.337 e. The van der Waals surface area contributed by atoms with Gasteiger partial charge in [-0.2, -0.15) is 0 Å². The molecule has 2 bridgehead atoms. The maximum atomic E-state index is 11.0. The molecule has 0 atom stereocenters. The van der Waals surface area contributed by atoms with Gasteiger partial charge in [0.2, 0.25) is 0 Å². The number of fused-ring (bicyclic) bond motifs is 2. The van der Waals surface area contributed by atoms with E-state index in [0.29, 0.717) is 16.7 Å². The van der Waals surface area contributed by atoms with Crippen LogP contribution < -0.4 is 12.4 Å². The number of carbonyl (C=O) groups is 2. The van der Waals surface area contributed by atoms with Gasteiger partial charge in [-0.15, -0.1) is 0 Å². The summed E-state index contributed by atoms with van der Waals surface area (Å²) in [4.78, 5) is 21.9. The number of carbonyl (C=O) groups excluding carboxylic acids is 2. The van der Waals surface area contributed by atoms with Crippen molar-refractivity contribution in [3.63, 3.8) is 0 Å². The Morgan fingerprint density at radius 2 is 1.77 bits per heavy atom. The van der Waals surface area contributed by atoms with E-state index in [1.165, 1.54) is 7.11 Å². The molecule has 3 nitrogen and oxygen atoms in total. The molecule has 2 aliphatic carbocycles. The molecule has 1 aromatic rings. The monoisotopic (exact) mass is 197 g/mol. The molecule has 0 spiro atoms. The van der Waals surface area contributed by atoms with Crippen molar-refractivity contribution in [3.8, 4) is 0 Å². The van der Waals surface area contributed by atoms with Crippen LogP contribution in [0.3, 0.4) is 0 Å². The highest BCUT2D eigenvalue weighted by molar-refractivity contribution is 6.18. The van der Waals surface area contributed by atoms with E-state index in [1.807, 2.05) is 0 Å². The Kier molecular flexibility index (Phi) is 2.38. The molecular formula is C9H6ClO3-. The minimum Gasteiger partial charge on any atom is -1.00 e. The number of hydrogen-bond donors (Lipinski definition) is 0. The van der Waals surface area contributed by atoms with Gasteiger partial charge in [0.15, 0.2) is 5.78 Å². The van der Waals surface area contributed by atoms with E-state index < -0.39 is 5.97 Å². The maximum absolute atomic E-state index is 11.0. The minimum atomic E-state index is -0.398. The summed E-state index contributed by atoms with van der Waals surface area (Å²) in [7, 11) is 1.32. The minimum absolute atomic E-state index is 0. The lowest BCUT2D eigenvalue weighted by Crippen LogP contribution is -3.00. The molecule has 2 aliphatic rings. The van der Waals surface area contributed by atoms with Crippen molar-refractivity contribution < 1.29 is 26.7 Å². The Morgan fingerprint density at radius 1 is 1.23 bits per heavy atom. The standard InChI is InChI=1S/C9H6O3.ClH/c1-12-9(11)7-3-5-2-6(4-7)8(5)10;/h2-4H,1H3;1H/p-1. The SMILES string of the molecule is COC(=O)c1cc2cc(c1)C2=O.[Cl-]. The summed E-state index contributed by atoms with van der Waals surface area (Å²) in [5.41, 5.74) is 1.63. The lowest BCUT2D eigenvalue weighted by molar-refractivity contribution is -0.0000245. The van der Waals surface area contributed by atoms with Crippen LogP contribution in [-0.4, -0.2) is 18.9 Å². The molecule has 4 heteroatoms. The van der Waals surface area contributed by atoms with Crippen molar-refractivity contribution in [2.75, 3.05) is 7.11 Å². The van der Waals surface area contributed by atoms with E-state index in [9.17, 15) is 9.59 Å². The second-order valence-electron chi connectivity index (χ2n) is 2.62. The zero-order valence-electron chi connectivity index (χ0n) is 6.83. The van der Waals surface area contributed by atoms with Crippen molar-refractivity contribution in [1.29, 1.82) is 0 Å². The average molecular weight is 198 g/mol. The third-order valence-corrected chi connectivity index (χ3v) is 1.88. The van der Waals surface area contributed by atoms with E-state index in [0.717, 1.165) is 0 Å². The number of ether oxygens (including phenoxy) is 1. The third kappa shape index (κ3) is 1.31. The Balaban J connectivity index is 0.000000845. The lowest BCUT2D eigenvalue weighted by atomic mass is 9.89. The largest absolute Gasteiger partial charge is 1.00 e. The molecule has 68 valence electrons. The van der Waals surface area contributed by atoms with Crippen molar-refractivity contribution in [2.45, 2.75) is 0 Å². The van der Waals surface area contributed by atoms with E-state index in [4.69, 9.17) is 0 Å². The van der Waals surface area contributed by atoms with E-state index in [-0.39, 0.29) is 18.2 Å². The quantitative estimate of drug-likeness (QED) is 0.498. The van der Waals surface area contributed by atoms with Crippen LogP contribution in [0.25, 0.3) is 0 Å². The smallest absolute Gasteiger partial charge is 0.337 e. The molecule has 0 aromatic heterocycles. The molecule has 0 radical (unpaired) electrons. The van der Waals surface area contributed by atoms with Crippen LogP contribution in [-0.2, 0) is 4.74 Å². The van der Waals surface area contributed by atoms with Crippen LogP contribution in [0.2, 0.25) is 0 Å². The highest BCUT2D eigenvalue weighted by Gasteiger charge is 2.23. The first-order chi connectivity index (χ1) is 5.72. The van der Waals surface area contributed by atoms with Crippen LogP contribution in [0.15, 0.2) is 18.2 Å².